The molecule has 1 aromatic carbocycles. The van der Waals surface area contributed by atoms with Gasteiger partial charge < -0.3 is 0 Å². The van der Waals surface area contributed by atoms with Crippen LogP contribution in [-0.4, -0.2) is 4.98 Å². The Morgan fingerprint density at radius 1 is 1.12 bits per heavy atom. The van der Waals surface area contributed by atoms with Crippen molar-refractivity contribution in [3.05, 3.63) is 57.8 Å². The predicted octanol–water partition coefficient (Wildman–Crippen LogP) is 4.99. The number of hydrogen-bond acceptors (Lipinski definition) is 2. The van der Waals surface area contributed by atoms with Crippen LogP contribution in [0, 0.1) is 6.92 Å². The van der Waals surface area contributed by atoms with Gasteiger partial charge in [-0.2, -0.15) is 0 Å². The van der Waals surface area contributed by atoms with E-state index in [1.54, 1.807) is 17.8 Å². The summed E-state index contributed by atoms with van der Waals surface area (Å²) >= 11 is 13.5. The van der Waals surface area contributed by atoms with Crippen LogP contribution in [0.3, 0.4) is 0 Å². The average Bonchev–Trinajstić information content (AvgIpc) is 2.30. The number of thioether (sulfide) groups is 1. The van der Waals surface area contributed by atoms with Crippen molar-refractivity contribution >= 4 is 35.0 Å². The molecule has 88 valence electrons. The molecule has 0 aliphatic heterocycles. The van der Waals surface area contributed by atoms with Gasteiger partial charge >= 0.3 is 0 Å². The van der Waals surface area contributed by atoms with Gasteiger partial charge in [0, 0.05) is 10.6 Å². The Morgan fingerprint density at radius 3 is 2.59 bits per heavy atom. The zero-order valence-electron chi connectivity index (χ0n) is 9.28. The second kappa shape index (κ2) is 5.76. The SMILES string of the molecule is Cc1ccccc1SCc1ccc(Cl)nc1Cl. The van der Waals surface area contributed by atoms with Crippen LogP contribution < -0.4 is 0 Å². The van der Waals surface area contributed by atoms with Gasteiger partial charge in [-0.15, -0.1) is 11.8 Å². The van der Waals surface area contributed by atoms with E-state index in [-0.39, 0.29) is 0 Å². The number of benzene rings is 1. The average molecular weight is 284 g/mol. The topological polar surface area (TPSA) is 12.9 Å². The summed E-state index contributed by atoms with van der Waals surface area (Å²) in [6, 6.07) is 12.0. The van der Waals surface area contributed by atoms with E-state index < -0.39 is 0 Å². The Kier molecular flexibility index (Phi) is 4.32. The molecule has 2 rings (SSSR count). The lowest BCUT2D eigenvalue weighted by atomic mass is 10.2. The molecule has 0 spiro atoms. The summed E-state index contributed by atoms with van der Waals surface area (Å²) in [5.41, 5.74) is 2.28. The first-order valence-electron chi connectivity index (χ1n) is 5.16. The van der Waals surface area contributed by atoms with Gasteiger partial charge in [-0.25, -0.2) is 4.98 Å². The molecule has 0 saturated heterocycles. The maximum absolute atomic E-state index is 6.03. The molecule has 1 aromatic heterocycles. The van der Waals surface area contributed by atoms with E-state index in [2.05, 4.69) is 24.0 Å². The summed E-state index contributed by atoms with van der Waals surface area (Å²) in [4.78, 5) is 5.29. The van der Waals surface area contributed by atoms with Crippen molar-refractivity contribution in [2.75, 3.05) is 0 Å². The van der Waals surface area contributed by atoms with Gasteiger partial charge in [-0.3, -0.25) is 0 Å². The normalized spacial score (nSPS) is 10.5. The number of halogens is 2. The Morgan fingerprint density at radius 2 is 1.88 bits per heavy atom. The van der Waals surface area contributed by atoms with E-state index in [1.807, 2.05) is 18.2 Å². The van der Waals surface area contributed by atoms with Gasteiger partial charge in [0.15, 0.2) is 0 Å². The third kappa shape index (κ3) is 3.38. The summed E-state index contributed by atoms with van der Waals surface area (Å²) in [6.45, 7) is 2.10. The fourth-order valence-electron chi connectivity index (χ4n) is 1.42. The molecular formula is C13H11Cl2NS. The summed E-state index contributed by atoms with van der Waals surface area (Å²) in [5, 5.41) is 0.915. The second-order valence-electron chi connectivity index (χ2n) is 3.64. The van der Waals surface area contributed by atoms with Crippen LogP contribution in [0.1, 0.15) is 11.1 Å². The van der Waals surface area contributed by atoms with Crippen molar-refractivity contribution in [3.63, 3.8) is 0 Å². The highest BCUT2D eigenvalue weighted by Crippen LogP contribution is 2.28. The van der Waals surface area contributed by atoms with Crippen LogP contribution in [0.4, 0.5) is 0 Å². The molecule has 1 nitrogen and oxygen atoms in total. The van der Waals surface area contributed by atoms with Gasteiger partial charge in [0.1, 0.15) is 10.3 Å². The minimum Gasteiger partial charge on any atom is -0.224 e. The number of pyridine rings is 1. The van der Waals surface area contributed by atoms with Gasteiger partial charge in [-0.1, -0.05) is 47.5 Å². The zero-order chi connectivity index (χ0) is 12.3. The third-order valence-electron chi connectivity index (χ3n) is 2.37. The number of nitrogens with zero attached hydrogens (tertiary/aromatic N) is 1. The molecule has 0 unspecified atom stereocenters. The zero-order valence-corrected chi connectivity index (χ0v) is 11.6. The molecule has 0 atom stereocenters. The van der Waals surface area contributed by atoms with Crippen LogP contribution in [0.5, 0.6) is 0 Å². The molecule has 0 saturated carbocycles. The molecule has 17 heavy (non-hydrogen) atoms. The van der Waals surface area contributed by atoms with Crippen molar-refractivity contribution in [2.24, 2.45) is 0 Å². The van der Waals surface area contributed by atoms with E-state index in [0.29, 0.717) is 10.3 Å². The summed E-state index contributed by atoms with van der Waals surface area (Å²) in [5.74, 6) is 0.799. The van der Waals surface area contributed by atoms with Gasteiger partial charge in [0.2, 0.25) is 0 Å². The fraction of sp³-hybridized carbons (Fsp3) is 0.154. The molecule has 0 N–H and O–H groups in total. The molecular weight excluding hydrogens is 273 g/mol. The largest absolute Gasteiger partial charge is 0.224 e. The van der Waals surface area contributed by atoms with E-state index in [0.717, 1.165) is 11.3 Å². The second-order valence-corrected chi connectivity index (χ2v) is 5.40. The first-order valence-corrected chi connectivity index (χ1v) is 6.90. The van der Waals surface area contributed by atoms with Crippen LogP contribution in [-0.2, 0) is 5.75 Å². The van der Waals surface area contributed by atoms with Crippen LogP contribution in [0.2, 0.25) is 10.3 Å². The molecule has 2 aromatic rings. The number of aryl methyl sites for hydroxylation is 1. The Bertz CT molecular complexity index is 529. The smallest absolute Gasteiger partial charge is 0.134 e. The maximum atomic E-state index is 6.03. The molecule has 0 aliphatic rings. The maximum Gasteiger partial charge on any atom is 0.134 e. The highest BCUT2D eigenvalue weighted by atomic mass is 35.5. The van der Waals surface area contributed by atoms with Gasteiger partial charge in [-0.05, 0) is 30.2 Å². The fourth-order valence-corrected chi connectivity index (χ4v) is 2.93. The molecule has 0 radical (unpaired) electrons. The summed E-state index contributed by atoms with van der Waals surface area (Å²) < 4.78 is 0. The first-order chi connectivity index (χ1) is 8.16. The molecule has 0 bridgehead atoms. The first kappa shape index (κ1) is 12.7. The Hall–Kier alpha value is -0.700. The van der Waals surface area contributed by atoms with E-state index in [4.69, 9.17) is 23.2 Å². The number of aromatic nitrogens is 1. The third-order valence-corrected chi connectivity index (χ3v) is 4.13. The summed E-state index contributed by atoms with van der Waals surface area (Å²) in [7, 11) is 0. The van der Waals surface area contributed by atoms with Crippen LogP contribution in [0.15, 0.2) is 41.3 Å². The molecule has 0 aliphatic carbocycles. The molecule has 1 heterocycles. The number of hydrogen-bond donors (Lipinski definition) is 0. The van der Waals surface area contributed by atoms with Crippen molar-refractivity contribution < 1.29 is 0 Å². The lowest BCUT2D eigenvalue weighted by Crippen LogP contribution is -1.87. The lowest BCUT2D eigenvalue weighted by Gasteiger charge is -2.06. The standard InChI is InChI=1S/C13H11Cl2NS/c1-9-4-2-3-5-11(9)17-8-10-6-7-12(14)16-13(10)15/h2-7H,8H2,1H3. The van der Waals surface area contributed by atoms with Crippen molar-refractivity contribution in [1.29, 1.82) is 0 Å². The van der Waals surface area contributed by atoms with Gasteiger partial charge in [0.05, 0.1) is 0 Å². The van der Waals surface area contributed by atoms with E-state index in [1.165, 1.54) is 10.5 Å². The van der Waals surface area contributed by atoms with Crippen molar-refractivity contribution in [1.82, 2.24) is 4.98 Å². The van der Waals surface area contributed by atoms with Crippen molar-refractivity contribution in [2.45, 2.75) is 17.6 Å². The van der Waals surface area contributed by atoms with Crippen LogP contribution >= 0.6 is 35.0 Å². The predicted molar refractivity (Wildman–Crippen MR) is 75.0 cm³/mol. The van der Waals surface area contributed by atoms with E-state index in [9.17, 15) is 0 Å². The summed E-state index contributed by atoms with van der Waals surface area (Å²) in [6.07, 6.45) is 0. The molecule has 0 amide bonds. The highest BCUT2D eigenvalue weighted by molar-refractivity contribution is 7.98. The minimum absolute atomic E-state index is 0.430. The quantitative estimate of drug-likeness (QED) is 0.581. The van der Waals surface area contributed by atoms with Crippen LogP contribution in [0.25, 0.3) is 0 Å². The van der Waals surface area contributed by atoms with Crippen molar-refractivity contribution in [3.8, 4) is 0 Å². The highest BCUT2D eigenvalue weighted by Gasteiger charge is 2.04. The monoisotopic (exact) mass is 283 g/mol. The minimum atomic E-state index is 0.430. The lowest BCUT2D eigenvalue weighted by molar-refractivity contribution is 1.24. The molecule has 4 heteroatoms. The Balaban J connectivity index is 2.10. The van der Waals surface area contributed by atoms with Gasteiger partial charge in [0.25, 0.3) is 0 Å². The number of rotatable bonds is 3. The Labute approximate surface area is 115 Å². The van der Waals surface area contributed by atoms with E-state index >= 15 is 0 Å². The molecule has 0 fully saturated rings.